The highest BCUT2D eigenvalue weighted by Crippen LogP contribution is 2.10. The predicted molar refractivity (Wildman–Crippen MR) is 83.7 cm³/mol. The lowest BCUT2D eigenvalue weighted by molar-refractivity contribution is 0.545. The standard InChI is InChI=1S/C16H34N2/c1-3-4-5-6-7-8-9-10-11-12-15-18-16-13-14-17-2/h14,18H,3-13,15-16H2,1-2H3. The first-order valence-corrected chi connectivity index (χ1v) is 8.03. The highest BCUT2D eigenvalue weighted by Gasteiger charge is 1.92. The van der Waals surface area contributed by atoms with Crippen molar-refractivity contribution >= 4 is 6.21 Å². The molecule has 0 aliphatic rings. The lowest BCUT2D eigenvalue weighted by Crippen LogP contribution is -2.16. The Morgan fingerprint density at radius 1 is 0.778 bits per heavy atom. The average molecular weight is 254 g/mol. The van der Waals surface area contributed by atoms with Crippen molar-refractivity contribution in [3.8, 4) is 0 Å². The Morgan fingerprint density at radius 2 is 1.33 bits per heavy atom. The number of nitrogens with one attached hydrogen (secondary N) is 1. The van der Waals surface area contributed by atoms with Crippen LogP contribution in [0.25, 0.3) is 0 Å². The second-order valence-corrected chi connectivity index (χ2v) is 5.16. The molecule has 0 unspecified atom stereocenters. The number of hydrogen-bond donors (Lipinski definition) is 1. The highest BCUT2D eigenvalue weighted by molar-refractivity contribution is 5.56. The van der Waals surface area contributed by atoms with E-state index in [0.29, 0.717) is 0 Å². The van der Waals surface area contributed by atoms with Crippen LogP contribution in [-0.4, -0.2) is 26.4 Å². The van der Waals surface area contributed by atoms with Crippen LogP contribution in [0, 0.1) is 0 Å². The Kier molecular flexibility index (Phi) is 16.3. The molecule has 0 rings (SSSR count). The molecule has 0 atom stereocenters. The van der Waals surface area contributed by atoms with E-state index in [-0.39, 0.29) is 0 Å². The molecule has 0 aromatic heterocycles. The van der Waals surface area contributed by atoms with Gasteiger partial charge in [0.1, 0.15) is 0 Å². The van der Waals surface area contributed by atoms with Crippen molar-refractivity contribution in [2.24, 2.45) is 4.99 Å². The van der Waals surface area contributed by atoms with Gasteiger partial charge in [0.25, 0.3) is 0 Å². The molecule has 0 aromatic rings. The lowest BCUT2D eigenvalue weighted by atomic mass is 10.1. The van der Waals surface area contributed by atoms with E-state index in [4.69, 9.17) is 0 Å². The molecule has 0 aromatic carbocycles. The summed E-state index contributed by atoms with van der Waals surface area (Å²) in [6.45, 7) is 4.53. The summed E-state index contributed by atoms with van der Waals surface area (Å²) in [7, 11) is 1.84. The van der Waals surface area contributed by atoms with Crippen LogP contribution in [-0.2, 0) is 0 Å². The van der Waals surface area contributed by atoms with Gasteiger partial charge in [-0.25, -0.2) is 0 Å². The zero-order valence-electron chi connectivity index (χ0n) is 12.7. The Bertz CT molecular complexity index is 166. The topological polar surface area (TPSA) is 24.4 Å². The maximum atomic E-state index is 3.96. The molecule has 0 heterocycles. The first-order chi connectivity index (χ1) is 8.91. The summed E-state index contributed by atoms with van der Waals surface area (Å²) in [6, 6.07) is 0. The molecule has 0 amide bonds. The highest BCUT2D eigenvalue weighted by atomic mass is 14.8. The van der Waals surface area contributed by atoms with E-state index in [0.717, 1.165) is 13.0 Å². The number of unbranched alkanes of at least 4 members (excludes halogenated alkanes) is 9. The first-order valence-electron chi connectivity index (χ1n) is 8.03. The van der Waals surface area contributed by atoms with Crippen molar-refractivity contribution in [2.45, 2.75) is 77.6 Å². The number of aliphatic imine (C=N–C) groups is 1. The summed E-state index contributed by atoms with van der Waals surface area (Å²) < 4.78 is 0. The molecule has 1 N–H and O–H groups in total. The summed E-state index contributed by atoms with van der Waals surface area (Å²) in [4.78, 5) is 3.96. The molecule has 0 saturated carbocycles. The van der Waals surface area contributed by atoms with Crippen LogP contribution in [0.3, 0.4) is 0 Å². The maximum absolute atomic E-state index is 3.96. The van der Waals surface area contributed by atoms with Gasteiger partial charge in [0.05, 0.1) is 0 Å². The monoisotopic (exact) mass is 254 g/mol. The number of rotatable bonds is 14. The largest absolute Gasteiger partial charge is 0.316 e. The minimum Gasteiger partial charge on any atom is -0.316 e. The third-order valence-electron chi connectivity index (χ3n) is 3.34. The van der Waals surface area contributed by atoms with Gasteiger partial charge in [0.15, 0.2) is 0 Å². The van der Waals surface area contributed by atoms with Crippen LogP contribution in [0.5, 0.6) is 0 Å². The van der Waals surface area contributed by atoms with Crippen molar-refractivity contribution < 1.29 is 0 Å². The van der Waals surface area contributed by atoms with Gasteiger partial charge in [0.2, 0.25) is 0 Å². The second kappa shape index (κ2) is 16.6. The fourth-order valence-electron chi connectivity index (χ4n) is 2.16. The van der Waals surface area contributed by atoms with Crippen LogP contribution in [0.1, 0.15) is 77.6 Å². The lowest BCUT2D eigenvalue weighted by Gasteiger charge is -2.03. The third-order valence-corrected chi connectivity index (χ3v) is 3.34. The van der Waals surface area contributed by atoms with Gasteiger partial charge in [0, 0.05) is 13.6 Å². The molecule has 0 bridgehead atoms. The summed E-state index contributed by atoms with van der Waals surface area (Å²) in [5, 5.41) is 3.45. The SMILES string of the molecule is CCCCCCCCCCCCNCCC=NC. The van der Waals surface area contributed by atoms with Crippen LogP contribution < -0.4 is 5.32 Å². The smallest absolute Gasteiger partial charge is 0.0273 e. The maximum Gasteiger partial charge on any atom is 0.0273 e. The first kappa shape index (κ1) is 17.6. The van der Waals surface area contributed by atoms with Gasteiger partial charge in [-0.1, -0.05) is 64.7 Å². The molecule has 18 heavy (non-hydrogen) atoms. The Balaban J connectivity index is 2.90. The molecule has 2 heteroatoms. The van der Waals surface area contributed by atoms with Crippen molar-refractivity contribution in [1.82, 2.24) is 5.32 Å². The molecule has 0 fully saturated rings. The van der Waals surface area contributed by atoms with Crippen molar-refractivity contribution in [3.63, 3.8) is 0 Å². The van der Waals surface area contributed by atoms with E-state index in [2.05, 4.69) is 17.2 Å². The molecule has 108 valence electrons. The quantitative estimate of drug-likeness (QED) is 0.356. The average Bonchev–Trinajstić information content (AvgIpc) is 2.39. The van der Waals surface area contributed by atoms with E-state index in [1.165, 1.54) is 70.8 Å². The van der Waals surface area contributed by atoms with E-state index in [1.807, 2.05) is 13.3 Å². The van der Waals surface area contributed by atoms with Gasteiger partial charge in [-0.15, -0.1) is 0 Å². The molecular formula is C16H34N2. The molecule has 2 nitrogen and oxygen atoms in total. The van der Waals surface area contributed by atoms with E-state index < -0.39 is 0 Å². The van der Waals surface area contributed by atoms with Crippen LogP contribution >= 0.6 is 0 Å². The second-order valence-electron chi connectivity index (χ2n) is 5.16. The summed E-state index contributed by atoms with van der Waals surface area (Å²) in [5.74, 6) is 0. The Morgan fingerprint density at radius 3 is 1.89 bits per heavy atom. The zero-order chi connectivity index (χ0) is 13.3. The summed E-state index contributed by atoms with van der Waals surface area (Å²) in [6.07, 6.45) is 17.2. The number of hydrogen-bond acceptors (Lipinski definition) is 2. The fourth-order valence-corrected chi connectivity index (χ4v) is 2.16. The summed E-state index contributed by atoms with van der Waals surface area (Å²) in [5.41, 5.74) is 0. The van der Waals surface area contributed by atoms with Crippen molar-refractivity contribution in [1.29, 1.82) is 0 Å². The molecule has 0 aliphatic heterocycles. The molecule has 0 saturated heterocycles. The van der Waals surface area contributed by atoms with Crippen LogP contribution in [0.2, 0.25) is 0 Å². The molecule has 0 spiro atoms. The normalized spacial score (nSPS) is 11.4. The van der Waals surface area contributed by atoms with E-state index in [1.54, 1.807) is 0 Å². The number of nitrogens with zero attached hydrogens (tertiary/aromatic N) is 1. The van der Waals surface area contributed by atoms with Crippen molar-refractivity contribution in [2.75, 3.05) is 20.1 Å². The third kappa shape index (κ3) is 15.6. The minimum atomic E-state index is 1.06. The minimum absolute atomic E-state index is 1.06. The van der Waals surface area contributed by atoms with E-state index >= 15 is 0 Å². The van der Waals surface area contributed by atoms with Crippen LogP contribution in [0.15, 0.2) is 4.99 Å². The zero-order valence-corrected chi connectivity index (χ0v) is 12.7. The van der Waals surface area contributed by atoms with Gasteiger partial charge in [-0.05, 0) is 25.6 Å². The summed E-state index contributed by atoms with van der Waals surface area (Å²) >= 11 is 0. The van der Waals surface area contributed by atoms with Gasteiger partial charge >= 0.3 is 0 Å². The fraction of sp³-hybridized carbons (Fsp3) is 0.938. The molecule has 0 radical (unpaired) electrons. The van der Waals surface area contributed by atoms with Gasteiger partial charge in [-0.2, -0.15) is 0 Å². The van der Waals surface area contributed by atoms with Gasteiger partial charge in [-0.3, -0.25) is 0 Å². The predicted octanol–water partition coefficient (Wildman–Crippen LogP) is 4.59. The molecular weight excluding hydrogens is 220 g/mol. The van der Waals surface area contributed by atoms with E-state index in [9.17, 15) is 0 Å². The van der Waals surface area contributed by atoms with Crippen LogP contribution in [0.4, 0.5) is 0 Å². The Hall–Kier alpha value is -0.370. The van der Waals surface area contributed by atoms with Crippen molar-refractivity contribution in [3.05, 3.63) is 0 Å². The Labute approximate surface area is 115 Å². The van der Waals surface area contributed by atoms with Gasteiger partial charge < -0.3 is 10.3 Å². The molecule has 0 aliphatic carbocycles.